The third-order valence-corrected chi connectivity index (χ3v) is 7.42. The molecular formula is C24H28N4O2S2. The van der Waals surface area contributed by atoms with Crippen LogP contribution in [0, 0.1) is 3.95 Å². The summed E-state index contributed by atoms with van der Waals surface area (Å²) in [6, 6.07) is 8.61. The van der Waals surface area contributed by atoms with Crippen LogP contribution in [-0.2, 0) is 23.3 Å². The molecule has 0 N–H and O–H groups in total. The number of rotatable bonds is 5. The highest BCUT2D eigenvalue weighted by Crippen LogP contribution is 2.33. The molecule has 1 unspecified atom stereocenters. The first-order chi connectivity index (χ1) is 15.2. The molecule has 3 heterocycles. The summed E-state index contributed by atoms with van der Waals surface area (Å²) in [5, 5.41) is 0. The maximum absolute atomic E-state index is 13.2. The third kappa shape index (κ3) is 4.21. The van der Waals surface area contributed by atoms with Gasteiger partial charge in [-0.25, -0.2) is 4.98 Å². The molecule has 8 heteroatoms. The number of carbonyl (C=O) groups excluding carboxylic acids is 1. The second kappa shape index (κ2) is 8.75. The van der Waals surface area contributed by atoms with Gasteiger partial charge >= 0.3 is 0 Å². The van der Waals surface area contributed by atoms with Crippen LogP contribution in [0.15, 0.2) is 48.0 Å². The van der Waals surface area contributed by atoms with Gasteiger partial charge in [-0.05, 0) is 41.6 Å². The van der Waals surface area contributed by atoms with Crippen LogP contribution in [0.5, 0.6) is 0 Å². The zero-order valence-corrected chi connectivity index (χ0v) is 20.3. The van der Waals surface area contributed by atoms with Crippen molar-refractivity contribution in [1.82, 2.24) is 19.0 Å². The normalized spacial score (nSPS) is 16.6. The largest absolute Gasteiger partial charge is 0.334 e. The molecule has 0 aliphatic carbocycles. The minimum atomic E-state index is -0.229. The molecule has 168 valence electrons. The Kier molecular flexibility index (Phi) is 6.18. The van der Waals surface area contributed by atoms with Crippen molar-refractivity contribution in [3.63, 3.8) is 0 Å². The maximum atomic E-state index is 13.2. The van der Waals surface area contributed by atoms with E-state index in [2.05, 4.69) is 56.6 Å². The molecule has 2 aromatic heterocycles. The third-order valence-electron chi connectivity index (χ3n) is 5.99. The van der Waals surface area contributed by atoms with Crippen LogP contribution in [0.25, 0.3) is 10.3 Å². The van der Waals surface area contributed by atoms with Crippen molar-refractivity contribution in [1.29, 1.82) is 0 Å². The number of allylic oxidation sites excluding steroid dienone is 1. The summed E-state index contributed by atoms with van der Waals surface area (Å²) in [5.41, 5.74) is 2.82. The Bertz CT molecular complexity index is 1280. The van der Waals surface area contributed by atoms with Crippen molar-refractivity contribution in [2.75, 3.05) is 6.54 Å². The number of nitrogens with zero attached hydrogens (tertiary/aromatic N) is 4. The second-order valence-corrected chi connectivity index (χ2v) is 10.9. The van der Waals surface area contributed by atoms with Gasteiger partial charge in [-0.3, -0.25) is 14.2 Å². The average molecular weight is 469 g/mol. The number of likely N-dealkylation sites (tertiary alicyclic amines) is 1. The van der Waals surface area contributed by atoms with Crippen molar-refractivity contribution in [2.45, 2.75) is 58.2 Å². The van der Waals surface area contributed by atoms with Crippen molar-refractivity contribution in [3.05, 3.63) is 68.7 Å². The molecule has 1 amide bonds. The summed E-state index contributed by atoms with van der Waals surface area (Å²) in [6.45, 7) is 11.5. The predicted molar refractivity (Wildman–Crippen MR) is 132 cm³/mol. The summed E-state index contributed by atoms with van der Waals surface area (Å²) in [5.74, 6) is -0.0650. The highest BCUT2D eigenvalue weighted by atomic mass is 32.1. The first kappa shape index (κ1) is 22.6. The van der Waals surface area contributed by atoms with Gasteiger partial charge < -0.3 is 9.47 Å². The van der Waals surface area contributed by atoms with Gasteiger partial charge in [0.2, 0.25) is 5.91 Å². The van der Waals surface area contributed by atoms with E-state index in [1.807, 2.05) is 4.90 Å². The standard InChI is InChI=1S/C24H28N4O2S2/c1-5-12-28-21-20(32-23(28)31)22(30)26(15-25-21)14-19(29)27-13-6-7-18(27)16-8-10-17(11-9-16)24(2,3)4/h5,8-11,15,18H,1,6-7,12-14H2,2-4H3. The number of carbonyl (C=O) groups is 1. The smallest absolute Gasteiger partial charge is 0.273 e. The van der Waals surface area contributed by atoms with E-state index in [4.69, 9.17) is 12.2 Å². The van der Waals surface area contributed by atoms with Gasteiger partial charge in [0.05, 0.1) is 6.04 Å². The monoisotopic (exact) mass is 468 g/mol. The number of hydrogen-bond donors (Lipinski definition) is 0. The molecule has 1 fully saturated rings. The Morgan fingerprint density at radius 1 is 1.31 bits per heavy atom. The summed E-state index contributed by atoms with van der Waals surface area (Å²) >= 11 is 6.60. The molecule has 1 aromatic carbocycles. The van der Waals surface area contributed by atoms with Gasteiger partial charge in [-0.1, -0.05) is 62.4 Å². The average Bonchev–Trinajstić information content (AvgIpc) is 3.36. The Balaban J connectivity index is 1.57. The summed E-state index contributed by atoms with van der Waals surface area (Å²) in [7, 11) is 0. The molecule has 0 spiro atoms. The molecule has 0 radical (unpaired) electrons. The summed E-state index contributed by atoms with van der Waals surface area (Å²) in [6.07, 6.45) is 5.06. The zero-order valence-electron chi connectivity index (χ0n) is 18.7. The SMILES string of the molecule is C=CCn1c(=S)sc2c(=O)n(CC(=O)N3CCCC3c3ccc(C(C)(C)C)cc3)cnc21. The molecule has 0 saturated carbocycles. The number of fused-ring (bicyclic) bond motifs is 1. The van der Waals surface area contributed by atoms with Gasteiger partial charge in [-0.2, -0.15) is 0 Å². The minimum absolute atomic E-state index is 0.0233. The van der Waals surface area contributed by atoms with E-state index in [0.29, 0.717) is 27.4 Å². The van der Waals surface area contributed by atoms with Crippen LogP contribution in [0.2, 0.25) is 0 Å². The van der Waals surface area contributed by atoms with Crippen LogP contribution >= 0.6 is 23.6 Å². The van der Waals surface area contributed by atoms with Crippen LogP contribution in [0.4, 0.5) is 0 Å². The van der Waals surface area contributed by atoms with Crippen molar-refractivity contribution in [3.8, 4) is 0 Å². The lowest BCUT2D eigenvalue weighted by Gasteiger charge is -2.26. The molecule has 32 heavy (non-hydrogen) atoms. The number of amides is 1. The fraction of sp³-hybridized carbons (Fsp3) is 0.417. The Labute approximate surface area is 196 Å². The highest BCUT2D eigenvalue weighted by Gasteiger charge is 2.30. The van der Waals surface area contributed by atoms with Crippen molar-refractivity contribution >= 4 is 39.8 Å². The Morgan fingerprint density at radius 2 is 2.03 bits per heavy atom. The van der Waals surface area contributed by atoms with Gasteiger partial charge in [0.15, 0.2) is 9.60 Å². The molecule has 1 aliphatic heterocycles. The lowest BCUT2D eigenvalue weighted by molar-refractivity contribution is -0.132. The van der Waals surface area contributed by atoms with E-state index >= 15 is 0 Å². The molecule has 6 nitrogen and oxygen atoms in total. The van der Waals surface area contributed by atoms with E-state index in [1.54, 1.807) is 10.6 Å². The first-order valence-electron chi connectivity index (χ1n) is 10.8. The lowest BCUT2D eigenvalue weighted by atomic mass is 9.86. The predicted octanol–water partition coefficient (Wildman–Crippen LogP) is 4.84. The fourth-order valence-electron chi connectivity index (χ4n) is 4.23. The number of hydrogen-bond acceptors (Lipinski definition) is 5. The molecule has 0 bridgehead atoms. The van der Waals surface area contributed by atoms with E-state index < -0.39 is 0 Å². The van der Waals surface area contributed by atoms with Crippen molar-refractivity contribution < 1.29 is 4.79 Å². The Morgan fingerprint density at radius 3 is 2.69 bits per heavy atom. The van der Waals surface area contributed by atoms with E-state index in [-0.39, 0.29) is 29.5 Å². The van der Waals surface area contributed by atoms with E-state index in [9.17, 15) is 9.59 Å². The number of benzene rings is 1. The van der Waals surface area contributed by atoms with Crippen molar-refractivity contribution in [2.24, 2.45) is 0 Å². The minimum Gasteiger partial charge on any atom is -0.334 e. The summed E-state index contributed by atoms with van der Waals surface area (Å²) < 4.78 is 4.23. The molecule has 4 rings (SSSR count). The molecule has 3 aromatic rings. The maximum Gasteiger partial charge on any atom is 0.273 e. The number of aromatic nitrogens is 3. The first-order valence-corrected chi connectivity index (χ1v) is 12.0. The molecule has 1 atom stereocenters. The molecule has 1 saturated heterocycles. The van der Waals surface area contributed by atoms with Gasteiger partial charge in [0, 0.05) is 13.1 Å². The topological polar surface area (TPSA) is 60.1 Å². The van der Waals surface area contributed by atoms with Crippen LogP contribution in [0.3, 0.4) is 0 Å². The van der Waals surface area contributed by atoms with Gasteiger partial charge in [-0.15, -0.1) is 6.58 Å². The Hall–Kier alpha value is -2.58. The van der Waals surface area contributed by atoms with E-state index in [1.165, 1.54) is 27.8 Å². The molecular weight excluding hydrogens is 440 g/mol. The fourth-order valence-corrected chi connectivity index (χ4v) is 5.54. The van der Waals surface area contributed by atoms with Crippen LogP contribution in [-0.4, -0.2) is 31.5 Å². The van der Waals surface area contributed by atoms with Crippen LogP contribution < -0.4 is 5.56 Å². The summed E-state index contributed by atoms with van der Waals surface area (Å²) in [4.78, 5) is 32.5. The highest BCUT2D eigenvalue weighted by molar-refractivity contribution is 7.73. The van der Waals surface area contributed by atoms with Crippen LogP contribution in [0.1, 0.15) is 50.8 Å². The van der Waals surface area contributed by atoms with Gasteiger partial charge in [0.25, 0.3) is 5.56 Å². The molecule has 1 aliphatic rings. The van der Waals surface area contributed by atoms with E-state index in [0.717, 1.165) is 18.4 Å². The quantitative estimate of drug-likeness (QED) is 0.397. The number of thiazole rings is 1. The second-order valence-electron chi connectivity index (χ2n) is 9.21. The van der Waals surface area contributed by atoms with Gasteiger partial charge in [0.1, 0.15) is 17.6 Å². The lowest BCUT2D eigenvalue weighted by Crippen LogP contribution is -2.36. The zero-order chi connectivity index (χ0) is 23.0.